The predicted molar refractivity (Wildman–Crippen MR) is 95.2 cm³/mol. The van der Waals surface area contributed by atoms with Crippen molar-refractivity contribution < 1.29 is 22.7 Å². The van der Waals surface area contributed by atoms with E-state index in [1.54, 1.807) is 18.2 Å². The van der Waals surface area contributed by atoms with Gasteiger partial charge >= 0.3 is 0 Å². The molecule has 1 aliphatic rings. The van der Waals surface area contributed by atoms with E-state index < -0.39 is 23.9 Å². The Morgan fingerprint density at radius 2 is 1.89 bits per heavy atom. The Kier molecular flexibility index (Phi) is 4.63. The second-order valence-electron chi connectivity index (χ2n) is 5.73. The Bertz CT molecular complexity index is 1130. The number of fused-ring (bicyclic) bond motifs is 1. The van der Waals surface area contributed by atoms with Crippen LogP contribution in [0.2, 0.25) is 0 Å². The molecular formula is C18H10F4N4OS. The minimum absolute atomic E-state index is 0.0139. The van der Waals surface area contributed by atoms with E-state index in [2.05, 4.69) is 15.3 Å². The molecular weight excluding hydrogens is 396 g/mol. The Labute approximate surface area is 160 Å². The number of aromatic hydroxyl groups is 1. The van der Waals surface area contributed by atoms with Crippen LogP contribution < -0.4 is 0 Å². The van der Waals surface area contributed by atoms with E-state index in [4.69, 9.17) is 0 Å². The highest BCUT2D eigenvalue weighted by atomic mass is 32.2. The Morgan fingerprint density at radius 1 is 1.07 bits per heavy atom. The number of allylic oxidation sites excluding steroid dienone is 1. The molecule has 5 nitrogen and oxygen atoms in total. The summed E-state index contributed by atoms with van der Waals surface area (Å²) < 4.78 is 54.9. The number of aromatic nitrogens is 3. The summed E-state index contributed by atoms with van der Waals surface area (Å²) in [5.74, 6) is -2.33. The minimum atomic E-state index is -2.93. The van der Waals surface area contributed by atoms with Gasteiger partial charge in [0.2, 0.25) is 11.0 Å². The van der Waals surface area contributed by atoms with Crippen LogP contribution in [0, 0.1) is 11.6 Å². The molecule has 0 saturated carbocycles. The molecule has 10 heteroatoms. The molecule has 0 saturated heterocycles. The molecule has 0 amide bonds. The number of halogens is 4. The maximum Gasteiger partial charge on any atom is 0.299 e. The first kappa shape index (κ1) is 18.2. The van der Waals surface area contributed by atoms with Gasteiger partial charge in [0.15, 0.2) is 0 Å². The van der Waals surface area contributed by atoms with Gasteiger partial charge in [0.05, 0.1) is 0 Å². The standard InChI is InChI=1S/C18H10F4N4OS/c19-10-4-5-12(13(20)8-10)15-14(7-9-2-1-3-11(27)6-9)28-18-24-23-17(16(21)22)26(18)25-15/h1-8,16,27H/b14-7-. The number of thioether (sulfide) groups is 1. The third kappa shape index (κ3) is 3.38. The van der Waals surface area contributed by atoms with Crippen molar-refractivity contribution in [2.45, 2.75) is 11.6 Å². The summed E-state index contributed by atoms with van der Waals surface area (Å²) >= 11 is 0.956. The van der Waals surface area contributed by atoms with Gasteiger partial charge in [0.25, 0.3) is 6.43 Å². The molecule has 0 bridgehead atoms. The van der Waals surface area contributed by atoms with Crippen LogP contribution in [0.4, 0.5) is 17.6 Å². The number of hydrogen-bond acceptors (Lipinski definition) is 5. The lowest BCUT2D eigenvalue weighted by Crippen LogP contribution is -2.15. The van der Waals surface area contributed by atoms with E-state index in [0.717, 1.165) is 22.5 Å². The van der Waals surface area contributed by atoms with Crippen LogP contribution in [0.1, 0.15) is 23.4 Å². The SMILES string of the molecule is Oc1cccc(/C=C2\Sc3nnc(C(F)F)n3N=C2c2ccc(F)cc2F)c1. The van der Waals surface area contributed by atoms with Crippen LogP contribution in [0.25, 0.3) is 6.08 Å². The topological polar surface area (TPSA) is 63.3 Å². The van der Waals surface area contributed by atoms with Crippen LogP contribution >= 0.6 is 11.8 Å². The molecule has 0 fully saturated rings. The van der Waals surface area contributed by atoms with Gasteiger partial charge in [-0.2, -0.15) is 9.78 Å². The van der Waals surface area contributed by atoms with Crippen molar-refractivity contribution in [3.05, 3.63) is 76.0 Å². The van der Waals surface area contributed by atoms with Gasteiger partial charge in [-0.05, 0) is 47.7 Å². The number of alkyl halides is 2. The van der Waals surface area contributed by atoms with Gasteiger partial charge in [0, 0.05) is 16.5 Å². The van der Waals surface area contributed by atoms with Crippen LogP contribution in [-0.2, 0) is 0 Å². The van der Waals surface area contributed by atoms with Gasteiger partial charge < -0.3 is 5.11 Å². The molecule has 28 heavy (non-hydrogen) atoms. The summed E-state index contributed by atoms with van der Waals surface area (Å²) in [5, 5.41) is 21.0. The summed E-state index contributed by atoms with van der Waals surface area (Å²) in [4.78, 5) is 0.372. The fourth-order valence-corrected chi connectivity index (χ4v) is 3.54. The van der Waals surface area contributed by atoms with Gasteiger partial charge in [-0.3, -0.25) is 0 Å². The van der Waals surface area contributed by atoms with E-state index in [1.165, 1.54) is 18.2 Å². The molecule has 2 heterocycles. The van der Waals surface area contributed by atoms with Crippen molar-refractivity contribution in [1.29, 1.82) is 0 Å². The van der Waals surface area contributed by atoms with Gasteiger partial charge in [-0.25, -0.2) is 17.6 Å². The van der Waals surface area contributed by atoms with Crippen molar-refractivity contribution in [2.75, 3.05) is 0 Å². The zero-order valence-corrected chi connectivity index (χ0v) is 14.7. The first-order valence-corrected chi connectivity index (χ1v) is 8.71. The molecule has 2 aromatic carbocycles. The second kappa shape index (κ2) is 7.12. The first-order chi connectivity index (χ1) is 13.4. The summed E-state index contributed by atoms with van der Waals surface area (Å²) in [7, 11) is 0. The third-order valence-corrected chi connectivity index (χ3v) is 4.79. The number of rotatable bonds is 3. The highest BCUT2D eigenvalue weighted by Gasteiger charge is 2.28. The summed E-state index contributed by atoms with van der Waals surface area (Å²) in [6, 6.07) is 9.17. The van der Waals surface area contributed by atoms with Crippen molar-refractivity contribution in [1.82, 2.24) is 14.9 Å². The smallest absolute Gasteiger partial charge is 0.299 e. The molecule has 0 atom stereocenters. The summed E-state index contributed by atoms with van der Waals surface area (Å²) in [6.45, 7) is 0. The van der Waals surface area contributed by atoms with Crippen LogP contribution in [0.15, 0.2) is 57.6 Å². The Balaban J connectivity index is 1.90. The predicted octanol–water partition coefficient (Wildman–Crippen LogP) is 4.60. The number of benzene rings is 2. The van der Waals surface area contributed by atoms with Crippen LogP contribution in [0.3, 0.4) is 0 Å². The largest absolute Gasteiger partial charge is 0.508 e. The molecule has 1 aromatic heterocycles. The Morgan fingerprint density at radius 3 is 2.61 bits per heavy atom. The van der Waals surface area contributed by atoms with E-state index in [9.17, 15) is 22.7 Å². The van der Waals surface area contributed by atoms with Gasteiger partial charge in [-0.15, -0.1) is 10.2 Å². The minimum Gasteiger partial charge on any atom is -0.508 e. The third-order valence-electron chi connectivity index (χ3n) is 3.82. The zero-order valence-electron chi connectivity index (χ0n) is 13.9. The fourth-order valence-electron chi connectivity index (χ4n) is 2.60. The fraction of sp³-hybridized carbons (Fsp3) is 0.0556. The molecule has 0 radical (unpaired) electrons. The maximum absolute atomic E-state index is 14.4. The number of phenols is 1. The van der Waals surface area contributed by atoms with Crippen molar-refractivity contribution in [3.63, 3.8) is 0 Å². The molecule has 1 aliphatic heterocycles. The normalized spacial score (nSPS) is 15.0. The lowest BCUT2D eigenvalue weighted by molar-refractivity contribution is 0.135. The quantitative estimate of drug-likeness (QED) is 0.646. The molecule has 0 aliphatic carbocycles. The molecule has 0 unspecified atom stereocenters. The summed E-state index contributed by atoms with van der Waals surface area (Å²) in [5.41, 5.74) is 0.514. The molecule has 4 rings (SSSR count). The first-order valence-electron chi connectivity index (χ1n) is 7.89. The Hall–Kier alpha value is -3.14. The molecule has 3 aromatic rings. The van der Waals surface area contributed by atoms with E-state index >= 15 is 0 Å². The number of phenolic OH excluding ortho intramolecular Hbond substituents is 1. The number of hydrogen-bond donors (Lipinski definition) is 1. The average molecular weight is 406 g/mol. The highest BCUT2D eigenvalue weighted by Crippen LogP contribution is 2.37. The molecule has 142 valence electrons. The van der Waals surface area contributed by atoms with E-state index in [0.29, 0.717) is 16.5 Å². The van der Waals surface area contributed by atoms with Crippen LogP contribution in [0.5, 0.6) is 5.75 Å². The van der Waals surface area contributed by atoms with Crippen LogP contribution in [-0.4, -0.2) is 25.7 Å². The van der Waals surface area contributed by atoms with E-state index in [-0.39, 0.29) is 22.2 Å². The lowest BCUT2D eigenvalue weighted by atomic mass is 10.1. The second-order valence-corrected chi connectivity index (χ2v) is 6.74. The molecule has 1 N–H and O–H groups in total. The monoisotopic (exact) mass is 406 g/mol. The van der Waals surface area contributed by atoms with Crippen molar-refractivity contribution in [2.24, 2.45) is 5.10 Å². The van der Waals surface area contributed by atoms with Gasteiger partial charge in [0.1, 0.15) is 23.1 Å². The highest BCUT2D eigenvalue weighted by molar-refractivity contribution is 8.04. The zero-order chi connectivity index (χ0) is 19.8. The molecule has 0 spiro atoms. The number of nitrogens with zero attached hydrogens (tertiary/aromatic N) is 4. The van der Waals surface area contributed by atoms with Crippen molar-refractivity contribution >= 4 is 23.5 Å². The van der Waals surface area contributed by atoms with E-state index in [1.807, 2.05) is 0 Å². The maximum atomic E-state index is 14.4. The lowest BCUT2D eigenvalue weighted by Gasteiger charge is -2.17. The van der Waals surface area contributed by atoms with Gasteiger partial charge in [-0.1, -0.05) is 12.1 Å². The average Bonchev–Trinajstić information content (AvgIpc) is 3.04. The van der Waals surface area contributed by atoms with Crippen molar-refractivity contribution in [3.8, 4) is 5.75 Å². The summed E-state index contributed by atoms with van der Waals surface area (Å²) in [6.07, 6.45) is -1.34.